The summed E-state index contributed by atoms with van der Waals surface area (Å²) in [7, 11) is 0. The number of amides is 2. The Labute approximate surface area is 173 Å². The number of nitrogens with one attached hydrogen (secondary N) is 1. The zero-order valence-corrected chi connectivity index (χ0v) is 17.3. The molecule has 1 aliphatic heterocycles. The van der Waals surface area contributed by atoms with Crippen LogP contribution >= 0.6 is 0 Å². The van der Waals surface area contributed by atoms with Gasteiger partial charge >= 0.3 is 6.03 Å². The molecule has 0 saturated heterocycles. The van der Waals surface area contributed by atoms with Gasteiger partial charge in [-0.25, -0.2) is 4.79 Å². The van der Waals surface area contributed by atoms with E-state index in [9.17, 15) is 4.79 Å². The molecule has 2 heterocycles. The molecule has 29 heavy (non-hydrogen) atoms. The van der Waals surface area contributed by atoms with Gasteiger partial charge in [0.15, 0.2) is 0 Å². The van der Waals surface area contributed by atoms with Crippen molar-refractivity contribution in [1.29, 1.82) is 0 Å². The molecule has 2 aromatic rings. The van der Waals surface area contributed by atoms with E-state index >= 15 is 0 Å². The number of para-hydroxylation sites is 1. The lowest BCUT2D eigenvalue weighted by atomic mass is 9.53. The van der Waals surface area contributed by atoms with E-state index in [0.717, 1.165) is 24.2 Å². The zero-order chi connectivity index (χ0) is 19.6. The fraction of sp³-hybridized carbons (Fsp3) is 0.560. The molecule has 0 unspecified atom stereocenters. The number of aromatic nitrogens is 1. The lowest BCUT2D eigenvalue weighted by molar-refractivity contribution is -0.0167. The van der Waals surface area contributed by atoms with Gasteiger partial charge in [-0.15, -0.1) is 0 Å². The Hall–Kier alpha value is -2.23. The molecule has 4 heteroatoms. The van der Waals surface area contributed by atoms with Crippen LogP contribution in [0.2, 0.25) is 0 Å². The Morgan fingerprint density at radius 2 is 1.72 bits per heavy atom. The monoisotopic (exact) mass is 389 g/mol. The van der Waals surface area contributed by atoms with Crippen molar-refractivity contribution < 1.29 is 4.79 Å². The summed E-state index contributed by atoms with van der Waals surface area (Å²) in [5.41, 5.74) is 3.70. The molecule has 152 valence electrons. The maximum absolute atomic E-state index is 13.8. The van der Waals surface area contributed by atoms with Crippen LogP contribution in [0, 0.1) is 17.8 Å². The van der Waals surface area contributed by atoms with Crippen molar-refractivity contribution >= 4 is 6.03 Å². The summed E-state index contributed by atoms with van der Waals surface area (Å²) in [4.78, 5) is 15.9. The van der Waals surface area contributed by atoms with Crippen molar-refractivity contribution in [1.82, 2.24) is 14.8 Å². The smallest absolute Gasteiger partial charge is 0.318 e. The highest BCUT2D eigenvalue weighted by Crippen LogP contribution is 2.55. The van der Waals surface area contributed by atoms with Crippen molar-refractivity contribution in [2.45, 2.75) is 70.0 Å². The number of carbonyl (C=O) groups is 1. The van der Waals surface area contributed by atoms with Crippen LogP contribution in [0.4, 0.5) is 4.79 Å². The fourth-order valence-electron chi connectivity index (χ4n) is 7.42. The number of rotatable bonds is 2. The minimum absolute atomic E-state index is 0.0535. The molecular weight excluding hydrogens is 358 g/mol. The van der Waals surface area contributed by atoms with Crippen molar-refractivity contribution in [2.24, 2.45) is 17.8 Å². The van der Waals surface area contributed by atoms with E-state index in [2.05, 4.69) is 64.3 Å². The van der Waals surface area contributed by atoms with Gasteiger partial charge in [-0.2, -0.15) is 0 Å². The van der Waals surface area contributed by atoms with Gasteiger partial charge < -0.3 is 14.8 Å². The summed E-state index contributed by atoms with van der Waals surface area (Å²) in [6.07, 6.45) is 10.8. The van der Waals surface area contributed by atoms with Gasteiger partial charge in [0.2, 0.25) is 0 Å². The number of hydrogen-bond donors (Lipinski definition) is 1. The van der Waals surface area contributed by atoms with Crippen molar-refractivity contribution in [3.63, 3.8) is 0 Å². The number of carbonyl (C=O) groups excluding carboxylic acids is 1. The van der Waals surface area contributed by atoms with Crippen molar-refractivity contribution in [3.05, 3.63) is 53.9 Å². The Kier molecular flexibility index (Phi) is 3.88. The Balaban J connectivity index is 1.34. The van der Waals surface area contributed by atoms with Crippen LogP contribution in [0.1, 0.15) is 69.2 Å². The van der Waals surface area contributed by atoms with Crippen LogP contribution in [-0.2, 0) is 6.54 Å². The predicted molar refractivity (Wildman–Crippen MR) is 114 cm³/mol. The van der Waals surface area contributed by atoms with Gasteiger partial charge in [0.25, 0.3) is 0 Å². The molecule has 7 rings (SSSR count). The first-order valence-corrected chi connectivity index (χ1v) is 11.5. The topological polar surface area (TPSA) is 37.3 Å². The highest BCUT2D eigenvalue weighted by Gasteiger charge is 2.52. The minimum atomic E-state index is 0.0535. The molecule has 1 aromatic heterocycles. The maximum atomic E-state index is 13.8. The standard InChI is InChI=1S/C25H31N3O/c1-2-21-23-8-5-9-27(23)22-7-4-3-6-20(22)16-28(21)24(29)26-25-13-17-10-18(14-25)12-19(11-17)15-25/h3-9,17-19,21H,2,10-16H2,1H3,(H,26,29)/t17?,18?,19?,21-,25?/m0/s1. The average molecular weight is 390 g/mol. The average Bonchev–Trinajstić information content (AvgIpc) is 3.11. The summed E-state index contributed by atoms with van der Waals surface area (Å²) < 4.78 is 2.28. The van der Waals surface area contributed by atoms with E-state index in [0.29, 0.717) is 6.54 Å². The Morgan fingerprint density at radius 1 is 1.03 bits per heavy atom. The van der Waals surface area contributed by atoms with E-state index in [1.54, 1.807) is 0 Å². The van der Waals surface area contributed by atoms with Crippen molar-refractivity contribution in [3.8, 4) is 5.69 Å². The maximum Gasteiger partial charge on any atom is 0.318 e. The third-order valence-electron chi connectivity index (χ3n) is 8.15. The van der Waals surface area contributed by atoms with Gasteiger partial charge in [-0.1, -0.05) is 25.1 Å². The molecular formula is C25H31N3O. The number of benzene rings is 1. The summed E-state index contributed by atoms with van der Waals surface area (Å²) in [6.45, 7) is 2.87. The second-order valence-electron chi connectivity index (χ2n) is 10.1. The molecule has 4 bridgehead atoms. The lowest BCUT2D eigenvalue weighted by Crippen LogP contribution is -2.62. The largest absolute Gasteiger partial charge is 0.332 e. The van der Waals surface area contributed by atoms with Gasteiger partial charge in [0, 0.05) is 17.4 Å². The van der Waals surface area contributed by atoms with E-state index in [-0.39, 0.29) is 17.6 Å². The molecule has 1 N–H and O–H groups in total. The van der Waals surface area contributed by atoms with Crippen LogP contribution in [0.5, 0.6) is 0 Å². The van der Waals surface area contributed by atoms with Crippen LogP contribution in [-0.4, -0.2) is 21.0 Å². The first-order valence-electron chi connectivity index (χ1n) is 11.5. The summed E-state index contributed by atoms with van der Waals surface area (Å²) in [5.74, 6) is 2.52. The number of hydrogen-bond acceptors (Lipinski definition) is 1. The quantitative estimate of drug-likeness (QED) is 0.731. The SMILES string of the molecule is CC[C@H]1c2cccn2-c2ccccc2CN1C(=O)NC12CC3CC(CC(C3)C1)C2. The molecule has 4 fully saturated rings. The summed E-state index contributed by atoms with van der Waals surface area (Å²) in [6, 6.07) is 13.1. The van der Waals surface area contributed by atoms with E-state index in [1.165, 1.54) is 55.5 Å². The molecule has 0 radical (unpaired) electrons. The van der Waals surface area contributed by atoms with Crippen LogP contribution in [0.25, 0.3) is 5.69 Å². The molecule has 2 amide bonds. The first kappa shape index (κ1) is 17.6. The number of fused-ring (bicyclic) bond motifs is 3. The van der Waals surface area contributed by atoms with Crippen LogP contribution < -0.4 is 5.32 Å². The molecule has 4 saturated carbocycles. The molecule has 1 aromatic carbocycles. The third kappa shape index (κ3) is 2.75. The minimum Gasteiger partial charge on any atom is -0.332 e. The lowest BCUT2D eigenvalue weighted by Gasteiger charge is -2.57. The normalized spacial score (nSPS) is 34.4. The molecule has 0 spiro atoms. The molecule has 5 aliphatic rings. The number of urea groups is 1. The van der Waals surface area contributed by atoms with E-state index in [1.807, 2.05) is 0 Å². The highest BCUT2D eigenvalue weighted by molar-refractivity contribution is 5.76. The molecule has 4 aliphatic carbocycles. The summed E-state index contributed by atoms with van der Waals surface area (Å²) in [5, 5.41) is 3.62. The molecule has 1 atom stereocenters. The second-order valence-corrected chi connectivity index (χ2v) is 10.1. The predicted octanol–water partition coefficient (Wildman–Crippen LogP) is 5.42. The molecule has 4 nitrogen and oxygen atoms in total. The fourth-order valence-corrected chi connectivity index (χ4v) is 7.42. The third-order valence-corrected chi connectivity index (χ3v) is 8.15. The summed E-state index contributed by atoms with van der Waals surface area (Å²) >= 11 is 0. The van der Waals surface area contributed by atoms with Gasteiger partial charge in [0.05, 0.1) is 18.3 Å². The van der Waals surface area contributed by atoms with Gasteiger partial charge in [-0.3, -0.25) is 0 Å². The van der Waals surface area contributed by atoms with Crippen molar-refractivity contribution in [2.75, 3.05) is 0 Å². The van der Waals surface area contributed by atoms with E-state index < -0.39 is 0 Å². The van der Waals surface area contributed by atoms with E-state index in [4.69, 9.17) is 0 Å². The van der Waals surface area contributed by atoms with Gasteiger partial charge in [-0.05, 0) is 86.5 Å². The Morgan fingerprint density at radius 3 is 2.41 bits per heavy atom. The van der Waals surface area contributed by atoms with Gasteiger partial charge in [0.1, 0.15) is 0 Å². The highest BCUT2D eigenvalue weighted by atomic mass is 16.2. The number of nitrogens with zero attached hydrogens (tertiary/aromatic N) is 2. The first-order chi connectivity index (χ1) is 14.1. The zero-order valence-electron chi connectivity index (χ0n) is 17.3. The Bertz CT molecular complexity index is 910. The van der Waals surface area contributed by atoms with Crippen LogP contribution in [0.15, 0.2) is 42.6 Å². The second kappa shape index (κ2) is 6.38. The van der Waals surface area contributed by atoms with Crippen LogP contribution in [0.3, 0.4) is 0 Å².